The highest BCUT2D eigenvalue weighted by atomic mass is 32.2. The van der Waals surface area contributed by atoms with Crippen molar-refractivity contribution in [1.29, 1.82) is 0 Å². The Morgan fingerprint density at radius 3 is 2.20 bits per heavy atom. The van der Waals surface area contributed by atoms with E-state index in [0.717, 1.165) is 21.9 Å². The summed E-state index contributed by atoms with van der Waals surface area (Å²) >= 11 is 0. The van der Waals surface area contributed by atoms with E-state index in [9.17, 15) is 13.2 Å². The van der Waals surface area contributed by atoms with Crippen LogP contribution in [-0.2, 0) is 14.8 Å². The van der Waals surface area contributed by atoms with Crippen LogP contribution in [0.3, 0.4) is 0 Å². The fraction of sp³-hybridized carbons (Fsp3) is 0.179. The number of carbonyl (C=O) groups is 1. The van der Waals surface area contributed by atoms with Crippen molar-refractivity contribution >= 4 is 38.1 Å². The molecule has 0 unspecified atom stereocenters. The number of carbonyl (C=O) groups excluding carboxylic acids is 1. The molecule has 0 aromatic heterocycles. The lowest BCUT2D eigenvalue weighted by Crippen LogP contribution is -2.32. The molecule has 35 heavy (non-hydrogen) atoms. The van der Waals surface area contributed by atoms with E-state index in [-0.39, 0.29) is 10.8 Å². The van der Waals surface area contributed by atoms with Crippen LogP contribution in [-0.4, -0.2) is 20.4 Å². The van der Waals surface area contributed by atoms with Crippen LogP contribution in [0.4, 0.5) is 11.4 Å². The van der Waals surface area contributed by atoms with E-state index in [0.29, 0.717) is 23.5 Å². The summed E-state index contributed by atoms with van der Waals surface area (Å²) in [5.41, 5.74) is 3.07. The van der Waals surface area contributed by atoms with E-state index in [1.165, 1.54) is 12.1 Å². The minimum atomic E-state index is -3.76. The van der Waals surface area contributed by atoms with Crippen molar-refractivity contribution in [1.82, 2.24) is 0 Å². The quantitative estimate of drug-likeness (QED) is 0.316. The average Bonchev–Trinajstić information content (AvgIpc) is 2.85. The van der Waals surface area contributed by atoms with Gasteiger partial charge < -0.3 is 10.1 Å². The number of sulfonamides is 1. The number of aryl methyl sites for hydroxylation is 2. The molecule has 0 aliphatic rings. The summed E-state index contributed by atoms with van der Waals surface area (Å²) < 4.78 is 34.1. The average molecular weight is 489 g/mol. The van der Waals surface area contributed by atoms with Gasteiger partial charge in [0.1, 0.15) is 5.75 Å². The molecule has 0 radical (unpaired) electrons. The van der Waals surface area contributed by atoms with Crippen molar-refractivity contribution in [2.75, 3.05) is 10.0 Å². The monoisotopic (exact) mass is 488 g/mol. The number of rotatable bonds is 8. The third kappa shape index (κ3) is 5.81. The van der Waals surface area contributed by atoms with Crippen LogP contribution in [0.5, 0.6) is 5.75 Å². The number of amides is 1. The van der Waals surface area contributed by atoms with Gasteiger partial charge in [-0.15, -0.1) is 0 Å². The maximum atomic E-state index is 12.8. The molecule has 0 spiro atoms. The fourth-order valence-corrected chi connectivity index (χ4v) is 4.74. The van der Waals surface area contributed by atoms with Crippen molar-refractivity contribution in [3.63, 3.8) is 0 Å². The number of ether oxygens (including phenoxy) is 1. The van der Waals surface area contributed by atoms with Gasteiger partial charge in [0.05, 0.1) is 4.90 Å². The Balaban J connectivity index is 1.42. The molecular weight excluding hydrogens is 460 g/mol. The van der Waals surface area contributed by atoms with E-state index in [2.05, 4.69) is 10.0 Å². The zero-order chi connectivity index (χ0) is 25.0. The molecule has 0 aliphatic heterocycles. The summed E-state index contributed by atoms with van der Waals surface area (Å²) in [5.74, 6) is 0.314. The van der Waals surface area contributed by atoms with Crippen molar-refractivity contribution < 1.29 is 17.9 Å². The van der Waals surface area contributed by atoms with Crippen molar-refractivity contribution in [2.24, 2.45) is 0 Å². The Morgan fingerprint density at radius 2 is 1.51 bits per heavy atom. The lowest BCUT2D eigenvalue weighted by atomic mass is 10.1. The van der Waals surface area contributed by atoms with Gasteiger partial charge >= 0.3 is 0 Å². The van der Waals surface area contributed by atoms with Crippen LogP contribution in [0.15, 0.2) is 89.8 Å². The van der Waals surface area contributed by atoms with Crippen LogP contribution in [0.2, 0.25) is 0 Å². The summed E-state index contributed by atoms with van der Waals surface area (Å²) in [6.07, 6.45) is -0.212. The second-order valence-corrected chi connectivity index (χ2v) is 10.1. The van der Waals surface area contributed by atoms with E-state index in [1.807, 2.05) is 69.3 Å². The Bertz CT molecular complexity index is 1460. The summed E-state index contributed by atoms with van der Waals surface area (Å²) in [6, 6.07) is 25.1. The molecule has 6 nitrogen and oxygen atoms in total. The summed E-state index contributed by atoms with van der Waals surface area (Å²) in [7, 11) is -3.76. The van der Waals surface area contributed by atoms with E-state index in [1.54, 1.807) is 24.3 Å². The van der Waals surface area contributed by atoms with Crippen LogP contribution in [0.25, 0.3) is 10.8 Å². The summed E-state index contributed by atoms with van der Waals surface area (Å²) in [5, 5.41) is 4.94. The SMILES string of the molecule is CC[C@@H](Oc1ccc2ccccc2c1)C(=O)Nc1ccc(S(=O)(=O)Nc2ccc(C)c(C)c2)cc1. The number of fused-ring (bicyclic) bond motifs is 1. The van der Waals surface area contributed by atoms with Crippen molar-refractivity contribution in [2.45, 2.75) is 38.2 Å². The first-order valence-electron chi connectivity index (χ1n) is 11.4. The highest BCUT2D eigenvalue weighted by Crippen LogP contribution is 2.23. The molecule has 4 aromatic rings. The zero-order valence-electron chi connectivity index (χ0n) is 19.9. The number of hydrogen-bond acceptors (Lipinski definition) is 4. The molecular formula is C28H28N2O4S. The summed E-state index contributed by atoms with van der Waals surface area (Å²) in [6.45, 7) is 5.77. The van der Waals surface area contributed by atoms with Gasteiger partial charge in [0.25, 0.3) is 15.9 Å². The Kier molecular flexibility index (Phi) is 7.07. The minimum absolute atomic E-state index is 0.105. The first-order chi connectivity index (χ1) is 16.7. The van der Waals surface area contributed by atoms with Gasteiger partial charge in [-0.2, -0.15) is 0 Å². The van der Waals surface area contributed by atoms with E-state index >= 15 is 0 Å². The molecule has 0 aliphatic carbocycles. The molecule has 0 heterocycles. The van der Waals surface area contributed by atoms with Crippen molar-refractivity contribution in [3.05, 3.63) is 96.1 Å². The van der Waals surface area contributed by atoms with Gasteiger partial charge in [0, 0.05) is 11.4 Å². The molecule has 0 saturated heterocycles. The summed E-state index contributed by atoms with van der Waals surface area (Å²) in [4.78, 5) is 12.9. The highest BCUT2D eigenvalue weighted by molar-refractivity contribution is 7.92. The molecule has 180 valence electrons. The van der Waals surface area contributed by atoms with Gasteiger partial charge in [-0.25, -0.2) is 8.42 Å². The third-order valence-corrected chi connectivity index (χ3v) is 7.25. The number of nitrogens with one attached hydrogen (secondary N) is 2. The third-order valence-electron chi connectivity index (χ3n) is 5.85. The number of benzene rings is 4. The van der Waals surface area contributed by atoms with Crippen LogP contribution in [0.1, 0.15) is 24.5 Å². The van der Waals surface area contributed by atoms with Crippen LogP contribution >= 0.6 is 0 Å². The highest BCUT2D eigenvalue weighted by Gasteiger charge is 2.20. The first kappa shape index (κ1) is 24.3. The van der Waals surface area contributed by atoms with Gasteiger partial charge in [-0.3, -0.25) is 9.52 Å². The van der Waals surface area contributed by atoms with Gasteiger partial charge in [0.2, 0.25) is 0 Å². The molecule has 4 rings (SSSR count). The molecule has 0 fully saturated rings. The fourth-order valence-electron chi connectivity index (χ4n) is 3.69. The van der Waals surface area contributed by atoms with Crippen LogP contribution in [0, 0.1) is 13.8 Å². The Hall–Kier alpha value is -3.84. The smallest absolute Gasteiger partial charge is 0.265 e. The van der Waals surface area contributed by atoms with Gasteiger partial charge in [-0.05, 0) is 90.7 Å². The van der Waals surface area contributed by atoms with E-state index < -0.39 is 16.1 Å². The maximum absolute atomic E-state index is 12.8. The van der Waals surface area contributed by atoms with Crippen molar-refractivity contribution in [3.8, 4) is 5.75 Å². The molecule has 2 N–H and O–H groups in total. The lowest BCUT2D eigenvalue weighted by Gasteiger charge is -2.18. The number of hydrogen-bond donors (Lipinski definition) is 2. The predicted molar refractivity (Wildman–Crippen MR) is 140 cm³/mol. The first-order valence-corrected chi connectivity index (χ1v) is 12.9. The van der Waals surface area contributed by atoms with E-state index in [4.69, 9.17) is 4.74 Å². The molecule has 1 amide bonds. The Labute approximate surface area is 206 Å². The predicted octanol–water partition coefficient (Wildman–Crippen LogP) is 6.05. The molecule has 4 aromatic carbocycles. The second-order valence-electron chi connectivity index (χ2n) is 8.44. The standard InChI is InChI=1S/C28H28N2O4S/c1-4-27(34-25-14-10-21-7-5-6-8-22(21)18-25)28(31)29-23-12-15-26(16-13-23)35(32,33)30-24-11-9-19(2)20(3)17-24/h5-18,27,30H,4H2,1-3H3,(H,29,31)/t27-/m1/s1. The lowest BCUT2D eigenvalue weighted by molar-refractivity contribution is -0.122. The Morgan fingerprint density at radius 1 is 0.829 bits per heavy atom. The second kappa shape index (κ2) is 10.2. The zero-order valence-corrected chi connectivity index (χ0v) is 20.7. The molecule has 7 heteroatoms. The molecule has 0 bridgehead atoms. The maximum Gasteiger partial charge on any atom is 0.265 e. The van der Waals surface area contributed by atoms with Crippen LogP contribution < -0.4 is 14.8 Å². The number of anilines is 2. The molecule has 1 atom stereocenters. The van der Waals surface area contributed by atoms with Gasteiger partial charge in [-0.1, -0.05) is 43.3 Å². The topological polar surface area (TPSA) is 84.5 Å². The van der Waals surface area contributed by atoms with Gasteiger partial charge in [0.15, 0.2) is 6.10 Å². The largest absolute Gasteiger partial charge is 0.481 e. The minimum Gasteiger partial charge on any atom is -0.481 e. The molecule has 0 saturated carbocycles. The normalized spacial score (nSPS) is 12.2.